The second kappa shape index (κ2) is 7.45. The molecule has 0 spiro atoms. The molecule has 2 aromatic carbocycles. The number of hydrogen-bond acceptors (Lipinski definition) is 4. The Labute approximate surface area is 156 Å². The number of carbonyl (C=O) groups excluding carboxylic acids is 2. The van der Waals surface area contributed by atoms with E-state index in [1.165, 1.54) is 0 Å². The van der Waals surface area contributed by atoms with Crippen LogP contribution in [0, 0.1) is 0 Å². The number of nitrogens with one attached hydrogen (secondary N) is 1. The van der Waals surface area contributed by atoms with E-state index >= 15 is 0 Å². The number of hydrogen-bond donors (Lipinski definition) is 1. The van der Waals surface area contributed by atoms with Gasteiger partial charge < -0.3 is 10.1 Å². The van der Waals surface area contributed by atoms with Crippen LogP contribution in [0.4, 0.5) is 0 Å². The van der Waals surface area contributed by atoms with E-state index in [0.717, 1.165) is 24.1 Å². The first-order chi connectivity index (χ1) is 13.2. The average Bonchev–Trinajstić information content (AvgIpc) is 3.41. The first kappa shape index (κ1) is 17.0. The van der Waals surface area contributed by atoms with Crippen molar-refractivity contribution >= 4 is 11.9 Å². The van der Waals surface area contributed by atoms with E-state index in [1.807, 2.05) is 60.7 Å². The van der Waals surface area contributed by atoms with Gasteiger partial charge in [0, 0.05) is 17.8 Å². The lowest BCUT2D eigenvalue weighted by molar-refractivity contribution is -0.124. The molecule has 0 radical (unpaired) electrons. The number of esters is 1. The maximum absolute atomic E-state index is 12.6. The van der Waals surface area contributed by atoms with Crippen LogP contribution in [-0.2, 0) is 9.53 Å². The molecule has 1 N–H and O–H groups in total. The Balaban J connectivity index is 1.60. The number of amides is 1. The van der Waals surface area contributed by atoms with Crippen LogP contribution in [0.5, 0.6) is 0 Å². The van der Waals surface area contributed by atoms with Gasteiger partial charge in [-0.15, -0.1) is 0 Å². The highest BCUT2D eigenvalue weighted by Crippen LogP contribution is 2.24. The predicted octanol–water partition coefficient (Wildman–Crippen LogP) is 2.97. The quantitative estimate of drug-likeness (QED) is 0.685. The summed E-state index contributed by atoms with van der Waals surface area (Å²) in [5.41, 5.74) is 2.48. The molecule has 1 aromatic heterocycles. The van der Waals surface area contributed by atoms with Crippen molar-refractivity contribution in [2.75, 3.05) is 6.61 Å². The van der Waals surface area contributed by atoms with Gasteiger partial charge in [-0.3, -0.25) is 4.79 Å². The Bertz CT molecular complexity index is 947. The molecule has 1 amide bonds. The molecule has 1 saturated carbocycles. The van der Waals surface area contributed by atoms with Crippen molar-refractivity contribution in [3.05, 3.63) is 72.4 Å². The zero-order chi connectivity index (χ0) is 18.6. The molecule has 136 valence electrons. The lowest BCUT2D eigenvalue weighted by atomic mass is 10.1. The van der Waals surface area contributed by atoms with E-state index in [9.17, 15) is 9.59 Å². The molecular formula is C21H19N3O3. The van der Waals surface area contributed by atoms with Gasteiger partial charge in [-0.1, -0.05) is 48.5 Å². The monoisotopic (exact) mass is 361 g/mol. The van der Waals surface area contributed by atoms with Crippen LogP contribution in [0.3, 0.4) is 0 Å². The van der Waals surface area contributed by atoms with Crippen molar-refractivity contribution in [3.8, 4) is 16.9 Å². The summed E-state index contributed by atoms with van der Waals surface area (Å²) < 4.78 is 6.87. The van der Waals surface area contributed by atoms with Gasteiger partial charge in [0.25, 0.3) is 5.91 Å². The van der Waals surface area contributed by atoms with Crippen LogP contribution < -0.4 is 5.32 Å². The molecule has 3 aromatic rings. The van der Waals surface area contributed by atoms with Gasteiger partial charge in [-0.25, -0.2) is 9.48 Å². The predicted molar refractivity (Wildman–Crippen MR) is 100 cm³/mol. The smallest absolute Gasteiger partial charge is 0.342 e. The van der Waals surface area contributed by atoms with Crippen molar-refractivity contribution in [2.24, 2.45) is 0 Å². The summed E-state index contributed by atoms with van der Waals surface area (Å²) in [6.07, 6.45) is 3.61. The Hall–Kier alpha value is -3.41. The third kappa shape index (κ3) is 4.06. The molecule has 6 heteroatoms. The fourth-order valence-electron chi connectivity index (χ4n) is 2.75. The minimum atomic E-state index is -0.568. The van der Waals surface area contributed by atoms with E-state index in [0.29, 0.717) is 11.3 Å². The van der Waals surface area contributed by atoms with E-state index in [2.05, 4.69) is 10.4 Å². The highest BCUT2D eigenvalue weighted by Gasteiger charge is 2.25. The Morgan fingerprint density at radius 3 is 2.37 bits per heavy atom. The summed E-state index contributed by atoms with van der Waals surface area (Å²) in [6, 6.07) is 19.2. The van der Waals surface area contributed by atoms with Gasteiger partial charge in [0.15, 0.2) is 6.61 Å². The highest BCUT2D eigenvalue weighted by atomic mass is 16.5. The minimum Gasteiger partial charge on any atom is -0.452 e. The number of ether oxygens (including phenoxy) is 1. The van der Waals surface area contributed by atoms with Crippen LogP contribution in [0.25, 0.3) is 16.9 Å². The van der Waals surface area contributed by atoms with Crippen LogP contribution >= 0.6 is 0 Å². The fourth-order valence-corrected chi connectivity index (χ4v) is 2.75. The van der Waals surface area contributed by atoms with Gasteiger partial charge >= 0.3 is 5.97 Å². The summed E-state index contributed by atoms with van der Waals surface area (Å²) in [6.45, 7) is -0.292. The fraction of sp³-hybridized carbons (Fsp3) is 0.190. The van der Waals surface area contributed by atoms with E-state index in [4.69, 9.17) is 4.74 Å². The van der Waals surface area contributed by atoms with Crippen LogP contribution in [0.2, 0.25) is 0 Å². The third-order valence-electron chi connectivity index (χ3n) is 4.28. The largest absolute Gasteiger partial charge is 0.452 e. The van der Waals surface area contributed by atoms with Crippen molar-refractivity contribution in [3.63, 3.8) is 0 Å². The van der Waals surface area contributed by atoms with Gasteiger partial charge in [-0.05, 0) is 25.0 Å². The number of nitrogens with zero attached hydrogens (tertiary/aromatic N) is 2. The van der Waals surface area contributed by atoms with Crippen LogP contribution in [0.15, 0.2) is 66.9 Å². The molecule has 1 aliphatic carbocycles. The Kier molecular flexibility index (Phi) is 4.70. The van der Waals surface area contributed by atoms with E-state index in [1.54, 1.807) is 10.9 Å². The molecular weight excluding hydrogens is 342 g/mol. The van der Waals surface area contributed by atoms with Gasteiger partial charge in [0.05, 0.1) is 5.69 Å². The van der Waals surface area contributed by atoms with Crippen molar-refractivity contribution in [1.82, 2.24) is 15.1 Å². The summed E-state index contributed by atoms with van der Waals surface area (Å²) in [4.78, 5) is 24.4. The van der Waals surface area contributed by atoms with Crippen molar-refractivity contribution < 1.29 is 14.3 Å². The Morgan fingerprint density at radius 1 is 1.04 bits per heavy atom. The standard InChI is InChI=1S/C21H19N3O3/c25-19(22-16-11-12-16)14-27-21(26)18-13-24(17-9-5-2-6-10-17)23-20(18)15-7-3-1-4-8-15/h1-10,13,16H,11-12,14H2,(H,22,25). The molecule has 4 rings (SSSR count). The van der Waals surface area contributed by atoms with Gasteiger partial charge in [-0.2, -0.15) is 5.10 Å². The molecule has 6 nitrogen and oxygen atoms in total. The van der Waals surface area contributed by atoms with Gasteiger partial charge in [0.1, 0.15) is 11.3 Å². The molecule has 0 unspecified atom stereocenters. The zero-order valence-corrected chi connectivity index (χ0v) is 14.7. The third-order valence-corrected chi connectivity index (χ3v) is 4.28. The zero-order valence-electron chi connectivity index (χ0n) is 14.7. The SMILES string of the molecule is O=C(COC(=O)c1cn(-c2ccccc2)nc1-c1ccccc1)NC1CC1. The molecule has 0 aliphatic heterocycles. The summed E-state index contributed by atoms with van der Waals surface area (Å²) in [7, 11) is 0. The number of aromatic nitrogens is 2. The number of benzene rings is 2. The molecule has 0 atom stereocenters. The molecule has 0 bridgehead atoms. The van der Waals surface area contributed by atoms with Gasteiger partial charge in [0.2, 0.25) is 0 Å². The summed E-state index contributed by atoms with van der Waals surface area (Å²) >= 11 is 0. The number of rotatable bonds is 6. The normalized spacial score (nSPS) is 13.2. The van der Waals surface area contributed by atoms with Crippen LogP contribution in [0.1, 0.15) is 23.2 Å². The first-order valence-electron chi connectivity index (χ1n) is 8.88. The molecule has 0 saturated heterocycles. The first-order valence-corrected chi connectivity index (χ1v) is 8.88. The second-order valence-corrected chi connectivity index (χ2v) is 6.46. The van der Waals surface area contributed by atoms with E-state index < -0.39 is 5.97 Å². The topological polar surface area (TPSA) is 73.2 Å². The maximum Gasteiger partial charge on any atom is 0.342 e. The number of para-hydroxylation sites is 1. The number of carbonyl (C=O) groups is 2. The molecule has 1 heterocycles. The average molecular weight is 361 g/mol. The second-order valence-electron chi connectivity index (χ2n) is 6.46. The molecule has 27 heavy (non-hydrogen) atoms. The maximum atomic E-state index is 12.6. The van der Waals surface area contributed by atoms with Crippen LogP contribution in [-0.4, -0.2) is 34.3 Å². The molecule has 1 aliphatic rings. The van der Waals surface area contributed by atoms with E-state index in [-0.39, 0.29) is 18.6 Å². The lowest BCUT2D eigenvalue weighted by Gasteiger charge is -2.05. The Morgan fingerprint density at radius 2 is 1.70 bits per heavy atom. The minimum absolute atomic E-state index is 0.233. The molecule has 1 fully saturated rings. The summed E-state index contributed by atoms with van der Waals surface area (Å²) in [5.74, 6) is -0.843. The highest BCUT2D eigenvalue weighted by molar-refractivity contribution is 5.97. The summed E-state index contributed by atoms with van der Waals surface area (Å²) in [5, 5.41) is 7.37. The van der Waals surface area contributed by atoms with Crippen molar-refractivity contribution in [1.29, 1.82) is 0 Å². The lowest BCUT2D eigenvalue weighted by Crippen LogP contribution is -2.30. The van der Waals surface area contributed by atoms with Crippen molar-refractivity contribution in [2.45, 2.75) is 18.9 Å².